The van der Waals surface area contributed by atoms with Crippen molar-refractivity contribution >= 4 is 11.8 Å². The number of carbonyl (C=O) groups excluding carboxylic acids is 1. The van der Waals surface area contributed by atoms with E-state index in [4.69, 9.17) is 15.6 Å². The number of hydrogen-bond acceptors (Lipinski definition) is 4. The lowest BCUT2D eigenvalue weighted by Gasteiger charge is -2.09. The van der Waals surface area contributed by atoms with Gasteiger partial charge in [-0.3, -0.25) is 9.59 Å². The van der Waals surface area contributed by atoms with E-state index in [1.54, 1.807) is 0 Å². The first kappa shape index (κ1) is 12.1. The Balaban J connectivity index is 3.16. The molecule has 0 radical (unpaired) electrons. The van der Waals surface area contributed by atoms with Crippen LogP contribution < -0.4 is 10.5 Å². The van der Waals surface area contributed by atoms with Gasteiger partial charge in [0.15, 0.2) is 11.8 Å². The van der Waals surface area contributed by atoms with Gasteiger partial charge in [0, 0.05) is 0 Å². The molecule has 5 nitrogen and oxygen atoms in total. The number of carbonyl (C=O) groups is 2. The molecule has 0 aromatic heterocycles. The van der Waals surface area contributed by atoms with E-state index >= 15 is 0 Å². The first-order chi connectivity index (χ1) is 7.47. The summed E-state index contributed by atoms with van der Waals surface area (Å²) in [6.07, 6.45) is 0. The van der Waals surface area contributed by atoms with Crippen LogP contribution in [0.25, 0.3) is 0 Å². The predicted octanol–water partition coefficient (Wildman–Crippen LogP) is 0.429. The molecule has 3 N–H and O–H groups in total. The van der Waals surface area contributed by atoms with Crippen molar-refractivity contribution in [3.05, 3.63) is 29.6 Å². The van der Waals surface area contributed by atoms with E-state index in [2.05, 4.69) is 0 Å². The molecular formula is C10H10FNO4. The average Bonchev–Trinajstić information content (AvgIpc) is 2.26. The first-order valence-electron chi connectivity index (χ1n) is 4.33. The SMILES string of the molecule is COc1ccc(F)cc1C(=O)C(N)C(=O)O. The Morgan fingerprint density at radius 1 is 1.50 bits per heavy atom. The topological polar surface area (TPSA) is 89.6 Å². The lowest BCUT2D eigenvalue weighted by Crippen LogP contribution is -2.38. The number of ketones is 1. The molecule has 16 heavy (non-hydrogen) atoms. The van der Waals surface area contributed by atoms with E-state index in [0.29, 0.717) is 0 Å². The highest BCUT2D eigenvalue weighted by Crippen LogP contribution is 2.20. The molecule has 0 spiro atoms. The number of ether oxygens (including phenoxy) is 1. The second kappa shape index (κ2) is 4.71. The van der Waals surface area contributed by atoms with Gasteiger partial charge in [0.2, 0.25) is 0 Å². The molecule has 0 amide bonds. The Kier molecular flexibility index (Phi) is 3.57. The summed E-state index contributed by atoms with van der Waals surface area (Å²) in [6.45, 7) is 0. The van der Waals surface area contributed by atoms with Crippen molar-refractivity contribution in [2.75, 3.05) is 7.11 Å². The predicted molar refractivity (Wildman–Crippen MR) is 52.9 cm³/mol. The first-order valence-corrected chi connectivity index (χ1v) is 4.33. The second-order valence-corrected chi connectivity index (χ2v) is 3.02. The number of benzene rings is 1. The van der Waals surface area contributed by atoms with Crippen molar-refractivity contribution < 1.29 is 23.8 Å². The van der Waals surface area contributed by atoms with Gasteiger partial charge >= 0.3 is 5.97 Å². The van der Waals surface area contributed by atoms with Crippen molar-refractivity contribution in [2.24, 2.45) is 5.73 Å². The summed E-state index contributed by atoms with van der Waals surface area (Å²) in [5.41, 5.74) is 4.96. The third kappa shape index (κ3) is 2.34. The monoisotopic (exact) mass is 227 g/mol. The maximum atomic E-state index is 12.9. The second-order valence-electron chi connectivity index (χ2n) is 3.02. The van der Waals surface area contributed by atoms with E-state index in [0.717, 1.165) is 12.1 Å². The number of carboxylic acids is 1. The van der Waals surface area contributed by atoms with Crippen LogP contribution >= 0.6 is 0 Å². The number of rotatable bonds is 4. The van der Waals surface area contributed by atoms with Gasteiger partial charge in [-0.1, -0.05) is 0 Å². The van der Waals surface area contributed by atoms with Crippen molar-refractivity contribution in [3.63, 3.8) is 0 Å². The van der Waals surface area contributed by atoms with Gasteiger partial charge in [-0.25, -0.2) is 4.39 Å². The third-order valence-electron chi connectivity index (χ3n) is 1.98. The van der Waals surface area contributed by atoms with Gasteiger partial charge in [0.1, 0.15) is 11.6 Å². The van der Waals surface area contributed by atoms with Crippen LogP contribution in [0, 0.1) is 5.82 Å². The highest BCUT2D eigenvalue weighted by atomic mass is 19.1. The van der Waals surface area contributed by atoms with Crippen LogP contribution in [-0.2, 0) is 4.79 Å². The molecule has 86 valence electrons. The summed E-state index contributed by atoms with van der Waals surface area (Å²) in [6, 6.07) is 1.50. The molecule has 0 aliphatic rings. The molecule has 0 aliphatic carbocycles. The number of hydrogen-bond donors (Lipinski definition) is 2. The molecule has 0 fully saturated rings. The summed E-state index contributed by atoms with van der Waals surface area (Å²) < 4.78 is 17.7. The normalized spacial score (nSPS) is 11.9. The maximum Gasteiger partial charge on any atom is 0.328 e. The van der Waals surface area contributed by atoms with Crippen molar-refractivity contribution in [2.45, 2.75) is 6.04 Å². The van der Waals surface area contributed by atoms with E-state index in [9.17, 15) is 14.0 Å². The van der Waals surface area contributed by atoms with Gasteiger partial charge in [-0.15, -0.1) is 0 Å². The van der Waals surface area contributed by atoms with Crippen LogP contribution in [0.15, 0.2) is 18.2 Å². The van der Waals surface area contributed by atoms with Crippen LogP contribution in [0.2, 0.25) is 0 Å². The van der Waals surface area contributed by atoms with Gasteiger partial charge < -0.3 is 15.6 Å². The van der Waals surface area contributed by atoms with Crippen LogP contribution in [0.1, 0.15) is 10.4 Å². The van der Waals surface area contributed by atoms with E-state index < -0.39 is 23.6 Å². The minimum Gasteiger partial charge on any atom is -0.496 e. The molecule has 0 aliphatic heterocycles. The standard InChI is InChI=1S/C10H10FNO4/c1-16-7-3-2-5(11)4-6(7)9(13)8(12)10(14)15/h2-4,8H,12H2,1H3,(H,14,15). The summed E-state index contributed by atoms with van der Waals surface area (Å²) in [7, 11) is 1.29. The number of halogens is 1. The zero-order chi connectivity index (χ0) is 12.3. The zero-order valence-corrected chi connectivity index (χ0v) is 8.44. The highest BCUT2D eigenvalue weighted by Gasteiger charge is 2.25. The maximum absolute atomic E-state index is 12.9. The Morgan fingerprint density at radius 2 is 2.12 bits per heavy atom. The fourth-order valence-electron chi connectivity index (χ4n) is 1.15. The number of Topliss-reactive ketones (excluding diaryl/α,β-unsaturated/α-hetero) is 1. The molecular weight excluding hydrogens is 217 g/mol. The highest BCUT2D eigenvalue weighted by molar-refractivity contribution is 6.12. The lowest BCUT2D eigenvalue weighted by atomic mass is 10.0. The molecule has 0 saturated carbocycles. The minimum absolute atomic E-state index is 0.0862. The van der Waals surface area contributed by atoms with Gasteiger partial charge in [-0.05, 0) is 18.2 Å². The summed E-state index contributed by atoms with van der Waals surface area (Å²) >= 11 is 0. The van der Waals surface area contributed by atoms with Crippen LogP contribution in [-0.4, -0.2) is 30.0 Å². The molecule has 1 aromatic rings. The van der Waals surface area contributed by atoms with Gasteiger partial charge in [-0.2, -0.15) is 0 Å². The summed E-state index contributed by atoms with van der Waals surface area (Å²) in [5, 5.41) is 8.57. The van der Waals surface area contributed by atoms with Crippen molar-refractivity contribution in [1.82, 2.24) is 0 Å². The largest absolute Gasteiger partial charge is 0.496 e. The van der Waals surface area contributed by atoms with Crippen LogP contribution in [0.4, 0.5) is 4.39 Å². The Labute approximate surface area is 90.6 Å². The number of methoxy groups -OCH3 is 1. The minimum atomic E-state index is -1.73. The van der Waals surface area contributed by atoms with Crippen molar-refractivity contribution in [1.29, 1.82) is 0 Å². The van der Waals surface area contributed by atoms with E-state index in [-0.39, 0.29) is 11.3 Å². The van der Waals surface area contributed by atoms with Crippen molar-refractivity contribution in [3.8, 4) is 5.75 Å². The molecule has 1 atom stereocenters. The molecule has 1 aromatic carbocycles. The zero-order valence-electron chi connectivity index (χ0n) is 8.44. The molecule has 1 unspecified atom stereocenters. The quantitative estimate of drug-likeness (QED) is 0.575. The average molecular weight is 227 g/mol. The fraction of sp³-hybridized carbons (Fsp3) is 0.200. The fourth-order valence-corrected chi connectivity index (χ4v) is 1.15. The summed E-state index contributed by atoms with van der Waals surface area (Å²) in [5.74, 6) is -2.95. The Bertz CT molecular complexity index is 433. The molecule has 0 bridgehead atoms. The third-order valence-corrected chi connectivity index (χ3v) is 1.98. The van der Waals surface area contributed by atoms with E-state index in [1.165, 1.54) is 13.2 Å². The Morgan fingerprint density at radius 3 is 2.62 bits per heavy atom. The molecule has 1 rings (SSSR count). The van der Waals surface area contributed by atoms with Gasteiger partial charge in [0.25, 0.3) is 0 Å². The smallest absolute Gasteiger partial charge is 0.328 e. The molecule has 0 heterocycles. The number of aliphatic carboxylic acids is 1. The lowest BCUT2D eigenvalue weighted by molar-refractivity contribution is -0.137. The van der Waals surface area contributed by atoms with Crippen LogP contribution in [0.3, 0.4) is 0 Å². The molecule has 0 saturated heterocycles. The van der Waals surface area contributed by atoms with Gasteiger partial charge in [0.05, 0.1) is 12.7 Å². The number of carboxylic acid groups (broad SMARTS) is 1. The Hall–Kier alpha value is -1.95. The number of nitrogens with two attached hydrogens (primary N) is 1. The summed E-state index contributed by atoms with van der Waals surface area (Å²) in [4.78, 5) is 22.1. The molecule has 6 heteroatoms. The van der Waals surface area contributed by atoms with Crippen LogP contribution in [0.5, 0.6) is 5.75 Å². The van der Waals surface area contributed by atoms with E-state index in [1.807, 2.05) is 0 Å².